The van der Waals surface area contributed by atoms with E-state index >= 15 is 0 Å². The highest BCUT2D eigenvalue weighted by Gasteiger charge is 2.38. The van der Waals surface area contributed by atoms with Crippen LogP contribution in [0.25, 0.3) is 10.8 Å². The number of nitrogens with one attached hydrogen (secondary N) is 1. The third kappa shape index (κ3) is 3.88. The van der Waals surface area contributed by atoms with Gasteiger partial charge in [-0.15, -0.1) is 0 Å². The fourth-order valence-electron chi connectivity index (χ4n) is 5.23. The Kier molecular flexibility index (Phi) is 5.63. The Morgan fingerprint density at radius 1 is 0.939 bits per heavy atom. The Morgan fingerprint density at radius 2 is 1.76 bits per heavy atom. The van der Waals surface area contributed by atoms with E-state index in [1.54, 1.807) is 7.11 Å². The van der Waals surface area contributed by atoms with Crippen molar-refractivity contribution in [1.82, 2.24) is 5.32 Å². The molecule has 5 rings (SSSR count). The number of benzene rings is 3. The minimum atomic E-state index is -0.219. The van der Waals surface area contributed by atoms with Crippen molar-refractivity contribution in [2.75, 3.05) is 13.7 Å². The average Bonchev–Trinajstić information content (AvgIpc) is 2.83. The molecule has 3 aromatic carbocycles. The number of Topliss-reactive ketones (excluding diaryl/α,β-unsaturated/α-hetero) is 1. The molecule has 2 unspecified atom stereocenters. The van der Waals surface area contributed by atoms with Crippen LogP contribution in [0.2, 0.25) is 0 Å². The summed E-state index contributed by atoms with van der Waals surface area (Å²) in [6, 6.07) is 20.1. The van der Waals surface area contributed by atoms with Crippen molar-refractivity contribution < 1.29 is 19.1 Å². The molecule has 2 atom stereocenters. The van der Waals surface area contributed by atoms with E-state index in [-0.39, 0.29) is 23.5 Å². The lowest BCUT2D eigenvalue weighted by Crippen LogP contribution is -2.38. The summed E-state index contributed by atoms with van der Waals surface area (Å²) in [5.74, 6) is 1.17. The van der Waals surface area contributed by atoms with Crippen LogP contribution in [0.3, 0.4) is 0 Å². The minimum Gasteiger partial charge on any atom is -0.493 e. The largest absolute Gasteiger partial charge is 0.493 e. The average molecular weight is 442 g/mol. The summed E-state index contributed by atoms with van der Waals surface area (Å²) in [6.07, 6.45) is 1.32. The number of carbonyl (C=O) groups excluding carboxylic acids is 2. The molecule has 3 aromatic rings. The number of hydrogen-bond acceptors (Lipinski definition) is 4. The summed E-state index contributed by atoms with van der Waals surface area (Å²) < 4.78 is 11.1. The number of ether oxygens (including phenoxy) is 2. The van der Waals surface area contributed by atoms with Crippen LogP contribution in [0.5, 0.6) is 11.5 Å². The van der Waals surface area contributed by atoms with E-state index < -0.39 is 0 Å². The Labute approximate surface area is 193 Å². The molecule has 0 radical (unpaired) electrons. The zero-order valence-electron chi connectivity index (χ0n) is 18.9. The van der Waals surface area contributed by atoms with Gasteiger partial charge < -0.3 is 14.8 Å². The maximum absolute atomic E-state index is 13.5. The minimum absolute atomic E-state index is 0.0209. The summed E-state index contributed by atoms with van der Waals surface area (Å²) in [4.78, 5) is 26.2. The van der Waals surface area contributed by atoms with Gasteiger partial charge in [-0.2, -0.15) is 0 Å². The first-order valence-corrected chi connectivity index (χ1v) is 11.4. The first kappa shape index (κ1) is 21.3. The van der Waals surface area contributed by atoms with E-state index in [0.29, 0.717) is 37.4 Å². The van der Waals surface area contributed by atoms with Crippen molar-refractivity contribution >= 4 is 22.5 Å². The van der Waals surface area contributed by atoms with E-state index in [4.69, 9.17) is 9.47 Å². The van der Waals surface area contributed by atoms with E-state index in [1.165, 1.54) is 0 Å². The summed E-state index contributed by atoms with van der Waals surface area (Å²) in [7, 11) is 1.62. The van der Waals surface area contributed by atoms with Crippen molar-refractivity contribution in [1.29, 1.82) is 0 Å². The quantitative estimate of drug-likeness (QED) is 0.587. The van der Waals surface area contributed by atoms with Crippen molar-refractivity contribution in [2.24, 2.45) is 0 Å². The van der Waals surface area contributed by atoms with Crippen LogP contribution in [-0.2, 0) is 9.59 Å². The number of rotatable bonds is 5. The van der Waals surface area contributed by atoms with Gasteiger partial charge in [0.2, 0.25) is 5.91 Å². The van der Waals surface area contributed by atoms with Crippen molar-refractivity contribution in [3.05, 3.63) is 83.1 Å². The molecule has 1 N–H and O–H groups in total. The highest BCUT2D eigenvalue weighted by atomic mass is 16.5. The van der Waals surface area contributed by atoms with Gasteiger partial charge in [-0.3, -0.25) is 9.59 Å². The second kappa shape index (κ2) is 8.74. The van der Waals surface area contributed by atoms with Crippen molar-refractivity contribution in [3.8, 4) is 11.5 Å². The standard InChI is InChI=1S/C28H27NO4/c1-3-33-25-12-11-18(15-26(25)32-2)19-13-23-28(24(30)14-19)22(16-27(31)29-23)21-10-6-8-17-7-4-5-9-20(17)21/h4-12,15,19,22H,3,13-14,16H2,1-2H3,(H,29,31). The molecule has 0 spiro atoms. The lowest BCUT2D eigenvalue weighted by Gasteiger charge is -2.35. The first-order valence-electron chi connectivity index (χ1n) is 11.4. The van der Waals surface area contributed by atoms with Crippen LogP contribution in [0, 0.1) is 0 Å². The lowest BCUT2D eigenvalue weighted by molar-refractivity contribution is -0.122. The third-order valence-electron chi connectivity index (χ3n) is 6.69. The number of hydrogen-bond donors (Lipinski definition) is 1. The Morgan fingerprint density at radius 3 is 2.58 bits per heavy atom. The van der Waals surface area contributed by atoms with Crippen LogP contribution in [0.4, 0.5) is 0 Å². The van der Waals surface area contributed by atoms with Crippen LogP contribution < -0.4 is 14.8 Å². The van der Waals surface area contributed by atoms with Crippen LogP contribution >= 0.6 is 0 Å². The maximum atomic E-state index is 13.5. The van der Waals surface area contributed by atoms with E-state index in [2.05, 4.69) is 23.5 Å². The number of carbonyl (C=O) groups is 2. The first-order chi connectivity index (χ1) is 16.1. The van der Waals surface area contributed by atoms with Gasteiger partial charge in [-0.25, -0.2) is 0 Å². The van der Waals surface area contributed by atoms with Crippen molar-refractivity contribution in [3.63, 3.8) is 0 Å². The summed E-state index contributed by atoms with van der Waals surface area (Å²) in [6.45, 7) is 2.48. The fraction of sp³-hybridized carbons (Fsp3) is 0.286. The van der Waals surface area contributed by atoms with Gasteiger partial charge in [0.05, 0.1) is 13.7 Å². The van der Waals surface area contributed by atoms with Gasteiger partial charge in [-0.05, 0) is 53.3 Å². The molecule has 1 amide bonds. The molecule has 0 saturated carbocycles. The number of methoxy groups -OCH3 is 1. The number of amides is 1. The van der Waals surface area contributed by atoms with Crippen LogP contribution in [0.15, 0.2) is 71.9 Å². The highest BCUT2D eigenvalue weighted by molar-refractivity contribution is 6.03. The SMILES string of the molecule is CCOc1ccc(C2CC(=O)C3=C(C2)NC(=O)CC3c2cccc3ccccc23)cc1OC. The molecule has 168 valence electrons. The molecule has 33 heavy (non-hydrogen) atoms. The van der Waals surface area contributed by atoms with Gasteiger partial charge >= 0.3 is 0 Å². The molecule has 5 nitrogen and oxygen atoms in total. The monoisotopic (exact) mass is 441 g/mol. The highest BCUT2D eigenvalue weighted by Crippen LogP contribution is 2.45. The molecule has 2 aliphatic rings. The zero-order valence-corrected chi connectivity index (χ0v) is 18.9. The predicted molar refractivity (Wildman–Crippen MR) is 128 cm³/mol. The van der Waals surface area contributed by atoms with E-state index in [9.17, 15) is 9.59 Å². The van der Waals surface area contributed by atoms with Gasteiger partial charge in [0.25, 0.3) is 0 Å². The van der Waals surface area contributed by atoms with Crippen molar-refractivity contribution in [2.45, 2.75) is 38.0 Å². The zero-order chi connectivity index (χ0) is 22.9. The fourth-order valence-corrected chi connectivity index (χ4v) is 5.23. The molecule has 1 heterocycles. The van der Waals surface area contributed by atoms with Gasteiger partial charge in [0.15, 0.2) is 17.3 Å². The molecule has 0 aromatic heterocycles. The molecule has 1 aliphatic carbocycles. The molecule has 0 fully saturated rings. The maximum Gasteiger partial charge on any atom is 0.225 e. The third-order valence-corrected chi connectivity index (χ3v) is 6.69. The summed E-state index contributed by atoms with van der Waals surface area (Å²) in [5, 5.41) is 5.23. The molecule has 5 heteroatoms. The topological polar surface area (TPSA) is 64.6 Å². The molecule has 0 bridgehead atoms. The molecule has 1 aliphatic heterocycles. The Bertz CT molecular complexity index is 1270. The number of fused-ring (bicyclic) bond motifs is 1. The number of allylic oxidation sites excluding steroid dienone is 2. The van der Waals surface area contributed by atoms with E-state index in [1.807, 2.05) is 49.4 Å². The Hall–Kier alpha value is -3.60. The van der Waals surface area contributed by atoms with Crippen LogP contribution in [0.1, 0.15) is 49.1 Å². The summed E-state index contributed by atoms with van der Waals surface area (Å²) in [5.41, 5.74) is 3.58. The second-order valence-electron chi connectivity index (χ2n) is 8.64. The Balaban J connectivity index is 1.53. The molecule has 0 saturated heterocycles. The molecular formula is C28H27NO4. The van der Waals surface area contributed by atoms with Gasteiger partial charge in [0, 0.05) is 30.0 Å². The van der Waals surface area contributed by atoms with Crippen LogP contribution in [-0.4, -0.2) is 25.4 Å². The lowest BCUT2D eigenvalue weighted by atomic mass is 9.73. The van der Waals surface area contributed by atoms with Gasteiger partial charge in [-0.1, -0.05) is 48.5 Å². The normalized spacial score (nSPS) is 20.4. The smallest absolute Gasteiger partial charge is 0.225 e. The van der Waals surface area contributed by atoms with Gasteiger partial charge in [0.1, 0.15) is 0 Å². The second-order valence-corrected chi connectivity index (χ2v) is 8.64. The van der Waals surface area contributed by atoms with E-state index in [0.717, 1.165) is 33.2 Å². The number of ketones is 1. The summed E-state index contributed by atoms with van der Waals surface area (Å²) >= 11 is 0. The molecular weight excluding hydrogens is 414 g/mol. The predicted octanol–water partition coefficient (Wildman–Crippen LogP) is 5.25.